The molecule has 1 amide bonds. The van der Waals surface area contributed by atoms with Crippen LogP contribution in [0.3, 0.4) is 0 Å². The second kappa shape index (κ2) is 8.88. The SMILES string of the molecule is Cn1c(Cl)ccc(C(CC#Cc2c(C(N)=O)cnc3[nH]ccc23)c2cc(F)ccc2F)c1=O. The zero-order valence-corrected chi connectivity index (χ0v) is 18.1. The zero-order valence-electron chi connectivity index (χ0n) is 17.3. The highest BCUT2D eigenvalue weighted by Gasteiger charge is 2.22. The fraction of sp³-hybridized carbons (Fsp3) is 0.125. The summed E-state index contributed by atoms with van der Waals surface area (Å²) in [6.07, 6.45) is 2.93. The monoisotopic (exact) mass is 466 g/mol. The van der Waals surface area contributed by atoms with Crippen molar-refractivity contribution < 1.29 is 13.6 Å². The summed E-state index contributed by atoms with van der Waals surface area (Å²) in [6.45, 7) is 0. The normalized spacial score (nSPS) is 11.8. The van der Waals surface area contributed by atoms with Crippen LogP contribution in [0.15, 0.2) is 53.6 Å². The summed E-state index contributed by atoms with van der Waals surface area (Å²) in [7, 11) is 1.48. The number of hydrogen-bond acceptors (Lipinski definition) is 3. The topological polar surface area (TPSA) is 93.8 Å². The average Bonchev–Trinajstić information content (AvgIpc) is 3.27. The summed E-state index contributed by atoms with van der Waals surface area (Å²) in [6, 6.07) is 7.74. The molecular weight excluding hydrogens is 450 g/mol. The molecule has 0 aliphatic carbocycles. The number of carbonyl (C=O) groups is 1. The molecular formula is C24H17ClF2N4O2. The number of nitrogens with two attached hydrogens (primary N) is 1. The van der Waals surface area contributed by atoms with Gasteiger partial charge in [0.1, 0.15) is 22.4 Å². The second-order valence-electron chi connectivity index (χ2n) is 7.35. The van der Waals surface area contributed by atoms with Crippen molar-refractivity contribution in [1.82, 2.24) is 14.5 Å². The third-order valence-corrected chi connectivity index (χ3v) is 5.73. The minimum atomic E-state index is -0.884. The van der Waals surface area contributed by atoms with Gasteiger partial charge in [-0.2, -0.15) is 0 Å². The Morgan fingerprint density at radius 2 is 2.03 bits per heavy atom. The van der Waals surface area contributed by atoms with Crippen molar-refractivity contribution in [2.24, 2.45) is 12.8 Å². The predicted molar refractivity (Wildman–Crippen MR) is 121 cm³/mol. The quantitative estimate of drug-likeness (QED) is 0.353. The second-order valence-corrected chi connectivity index (χ2v) is 7.74. The Morgan fingerprint density at radius 3 is 2.79 bits per heavy atom. The molecule has 3 aromatic heterocycles. The lowest BCUT2D eigenvalue weighted by molar-refractivity contribution is 0.1000. The van der Waals surface area contributed by atoms with Crippen LogP contribution < -0.4 is 11.3 Å². The van der Waals surface area contributed by atoms with Crippen LogP contribution in [0.2, 0.25) is 5.15 Å². The van der Waals surface area contributed by atoms with Gasteiger partial charge >= 0.3 is 0 Å². The number of H-pyrrole nitrogens is 1. The number of aromatic amines is 1. The Balaban J connectivity index is 1.85. The van der Waals surface area contributed by atoms with Crippen molar-refractivity contribution >= 4 is 28.5 Å². The van der Waals surface area contributed by atoms with E-state index in [9.17, 15) is 18.4 Å². The molecule has 0 radical (unpaired) electrons. The van der Waals surface area contributed by atoms with Gasteiger partial charge in [-0.05, 0) is 42.0 Å². The standard InChI is InChI=1S/C24H17ClF2N4O2/c1-31-21(25)8-6-17(24(31)33)15(18-11-13(26)5-7-20(18)27)4-2-3-14-16-9-10-29-23(16)30-12-19(14)22(28)32/h5-12,15H,4H2,1H3,(H2,28,32)(H,29,30). The van der Waals surface area contributed by atoms with Gasteiger partial charge in [0.15, 0.2) is 0 Å². The van der Waals surface area contributed by atoms with Crippen molar-refractivity contribution in [2.75, 3.05) is 0 Å². The first-order valence-electron chi connectivity index (χ1n) is 9.83. The summed E-state index contributed by atoms with van der Waals surface area (Å²) in [4.78, 5) is 31.8. The first-order valence-corrected chi connectivity index (χ1v) is 10.2. The van der Waals surface area contributed by atoms with Crippen molar-refractivity contribution in [3.05, 3.63) is 98.2 Å². The molecule has 0 saturated heterocycles. The molecule has 33 heavy (non-hydrogen) atoms. The first-order chi connectivity index (χ1) is 15.8. The van der Waals surface area contributed by atoms with Crippen molar-refractivity contribution in [3.63, 3.8) is 0 Å². The van der Waals surface area contributed by atoms with Crippen molar-refractivity contribution in [2.45, 2.75) is 12.3 Å². The van der Waals surface area contributed by atoms with Gasteiger partial charge in [0.05, 0.1) is 5.56 Å². The van der Waals surface area contributed by atoms with Crippen LogP contribution >= 0.6 is 11.6 Å². The Bertz CT molecular complexity index is 1510. The maximum atomic E-state index is 14.7. The highest BCUT2D eigenvalue weighted by Crippen LogP contribution is 2.29. The molecule has 0 aliphatic heterocycles. The number of aromatic nitrogens is 3. The highest BCUT2D eigenvalue weighted by atomic mass is 35.5. The van der Waals surface area contributed by atoms with E-state index in [4.69, 9.17) is 17.3 Å². The third kappa shape index (κ3) is 4.23. The lowest BCUT2D eigenvalue weighted by Gasteiger charge is -2.17. The Hall–Kier alpha value is -3.96. The number of primary amides is 1. The van der Waals surface area contributed by atoms with E-state index in [1.165, 1.54) is 29.9 Å². The molecule has 0 saturated carbocycles. The molecule has 0 fully saturated rings. The number of pyridine rings is 2. The summed E-state index contributed by atoms with van der Waals surface area (Å²) >= 11 is 6.02. The number of halogens is 3. The smallest absolute Gasteiger partial charge is 0.255 e. The number of carbonyl (C=O) groups excluding carboxylic acids is 1. The van der Waals surface area contributed by atoms with E-state index in [1.807, 2.05) is 0 Å². The Kier molecular flexibility index (Phi) is 5.99. The van der Waals surface area contributed by atoms with Crippen LogP contribution in [-0.2, 0) is 7.05 Å². The molecule has 1 aromatic carbocycles. The minimum Gasteiger partial charge on any atom is -0.366 e. The molecule has 3 heterocycles. The van der Waals surface area contributed by atoms with Crippen LogP contribution in [0.4, 0.5) is 8.78 Å². The molecule has 0 spiro atoms. The third-order valence-electron chi connectivity index (χ3n) is 5.35. The number of hydrogen-bond donors (Lipinski definition) is 2. The number of benzene rings is 1. The highest BCUT2D eigenvalue weighted by molar-refractivity contribution is 6.29. The maximum absolute atomic E-state index is 14.7. The van der Waals surface area contributed by atoms with Gasteiger partial charge in [-0.1, -0.05) is 23.4 Å². The minimum absolute atomic E-state index is 0.0135. The molecule has 4 rings (SSSR count). The number of rotatable bonds is 4. The average molecular weight is 467 g/mol. The molecule has 1 unspecified atom stereocenters. The van der Waals surface area contributed by atoms with Gasteiger partial charge in [-0.25, -0.2) is 13.8 Å². The van der Waals surface area contributed by atoms with E-state index >= 15 is 0 Å². The van der Waals surface area contributed by atoms with Crippen molar-refractivity contribution in [1.29, 1.82) is 0 Å². The van der Waals surface area contributed by atoms with E-state index < -0.39 is 29.0 Å². The van der Waals surface area contributed by atoms with Gasteiger partial charge in [0.25, 0.3) is 11.5 Å². The first kappa shape index (κ1) is 22.2. The number of nitrogens with zero attached hydrogens (tertiary/aromatic N) is 2. The van der Waals surface area contributed by atoms with Gasteiger partial charge in [-0.15, -0.1) is 0 Å². The van der Waals surface area contributed by atoms with E-state index in [2.05, 4.69) is 21.8 Å². The summed E-state index contributed by atoms with van der Waals surface area (Å²) in [5.41, 5.74) is 6.22. The van der Waals surface area contributed by atoms with Gasteiger partial charge < -0.3 is 15.3 Å². The zero-order chi connectivity index (χ0) is 23.7. The molecule has 0 bridgehead atoms. The summed E-state index contributed by atoms with van der Waals surface area (Å²) in [5, 5.41) is 0.792. The molecule has 1 atom stereocenters. The number of fused-ring (bicyclic) bond motifs is 1. The lowest BCUT2D eigenvalue weighted by atomic mass is 9.88. The van der Waals surface area contributed by atoms with E-state index in [1.54, 1.807) is 12.3 Å². The summed E-state index contributed by atoms with van der Waals surface area (Å²) < 4.78 is 29.9. The molecule has 166 valence electrons. The summed E-state index contributed by atoms with van der Waals surface area (Å²) in [5.74, 6) is 2.93. The van der Waals surface area contributed by atoms with Crippen LogP contribution in [0.25, 0.3) is 11.0 Å². The van der Waals surface area contributed by atoms with E-state index in [0.29, 0.717) is 16.6 Å². The largest absolute Gasteiger partial charge is 0.366 e. The van der Waals surface area contributed by atoms with Gasteiger partial charge in [-0.3, -0.25) is 9.59 Å². The van der Waals surface area contributed by atoms with Gasteiger partial charge in [0, 0.05) is 48.3 Å². The molecule has 4 aromatic rings. The van der Waals surface area contributed by atoms with E-state index in [0.717, 1.165) is 18.2 Å². The Labute approximate surface area is 192 Å². The van der Waals surface area contributed by atoms with Crippen LogP contribution in [0.5, 0.6) is 0 Å². The van der Waals surface area contributed by atoms with Crippen molar-refractivity contribution in [3.8, 4) is 11.8 Å². The Morgan fingerprint density at radius 1 is 1.24 bits per heavy atom. The molecule has 9 heteroatoms. The number of nitrogens with one attached hydrogen (secondary N) is 1. The fourth-order valence-electron chi connectivity index (χ4n) is 3.64. The molecule has 6 nitrogen and oxygen atoms in total. The van der Waals surface area contributed by atoms with Crippen LogP contribution in [-0.4, -0.2) is 20.4 Å². The van der Waals surface area contributed by atoms with Crippen LogP contribution in [0.1, 0.15) is 39.4 Å². The number of amides is 1. The lowest BCUT2D eigenvalue weighted by Crippen LogP contribution is -2.24. The maximum Gasteiger partial charge on any atom is 0.255 e. The van der Waals surface area contributed by atoms with Crippen LogP contribution in [0, 0.1) is 23.5 Å². The molecule has 0 aliphatic rings. The van der Waals surface area contributed by atoms with Gasteiger partial charge in [0.2, 0.25) is 0 Å². The fourth-order valence-corrected chi connectivity index (χ4v) is 3.78. The molecule has 3 N–H and O–H groups in total. The van der Waals surface area contributed by atoms with E-state index in [-0.39, 0.29) is 28.3 Å². The predicted octanol–water partition coefficient (Wildman–Crippen LogP) is 3.87.